The third-order valence-corrected chi connectivity index (χ3v) is 13.2. The molecule has 27 nitrogen and oxygen atoms in total. The van der Waals surface area contributed by atoms with Gasteiger partial charge in [-0.1, -0.05) is 70.2 Å². The van der Waals surface area contributed by atoms with Gasteiger partial charge >= 0.3 is 17.9 Å². The molecule has 0 spiro atoms. The molecule has 0 heterocycles. The van der Waals surface area contributed by atoms with Crippen LogP contribution in [-0.4, -0.2) is 164 Å². The summed E-state index contributed by atoms with van der Waals surface area (Å²) in [7, 11) is 0. The van der Waals surface area contributed by atoms with E-state index in [-0.39, 0.29) is 38.0 Å². The number of hydrogen-bond donors (Lipinski definition) is 15. The number of phenolic OH excluding ortho intramolecular Hbond substituents is 1. The highest BCUT2D eigenvalue weighted by Gasteiger charge is 2.37. The summed E-state index contributed by atoms with van der Waals surface area (Å²) in [5, 5.41) is 58.9. The fourth-order valence-electron chi connectivity index (χ4n) is 7.97. The minimum absolute atomic E-state index is 0.0342. The molecule has 0 aromatic heterocycles. The van der Waals surface area contributed by atoms with Gasteiger partial charge in [-0.05, 0) is 92.2 Å². The average Bonchev–Trinajstić information content (AvgIpc) is 3.42. The number of carboxylic acids is 3. The zero-order valence-corrected chi connectivity index (χ0v) is 46.9. The Bertz CT molecular complexity index is 2470. The summed E-state index contributed by atoms with van der Waals surface area (Å²) in [5.41, 5.74) is 17.6. The number of carbonyl (C=O) groups is 12. The number of carboxylic acid groups (broad SMARTS) is 3. The zero-order valence-electron chi connectivity index (χ0n) is 46.1. The highest BCUT2D eigenvalue weighted by atomic mass is 32.2. The van der Waals surface area contributed by atoms with E-state index in [0.29, 0.717) is 29.7 Å². The fraction of sp³-hybridized carbons (Fsp3) is 0.547. The maximum absolute atomic E-state index is 14.5. The molecule has 0 fully saturated rings. The molecule has 2 aromatic carbocycles. The van der Waals surface area contributed by atoms with Crippen molar-refractivity contribution in [2.24, 2.45) is 29.0 Å². The van der Waals surface area contributed by atoms with Crippen LogP contribution in [0.3, 0.4) is 0 Å². The van der Waals surface area contributed by atoms with Gasteiger partial charge in [0.2, 0.25) is 53.2 Å². The van der Waals surface area contributed by atoms with Crippen molar-refractivity contribution in [2.45, 2.75) is 153 Å². The lowest BCUT2D eigenvalue weighted by Gasteiger charge is -2.30. The summed E-state index contributed by atoms with van der Waals surface area (Å²) < 4.78 is 0. The first-order valence-corrected chi connectivity index (χ1v) is 27.7. The Morgan fingerprint density at radius 1 is 0.494 bits per heavy atom. The normalized spacial score (nSPS) is 14.4. The Balaban J connectivity index is 2.52. The van der Waals surface area contributed by atoms with Crippen molar-refractivity contribution in [1.82, 2.24) is 42.5 Å². The molecule has 2 aromatic rings. The van der Waals surface area contributed by atoms with Gasteiger partial charge in [-0.3, -0.25) is 52.7 Å². The van der Waals surface area contributed by atoms with E-state index in [9.17, 15) is 78.0 Å². The van der Waals surface area contributed by atoms with Crippen molar-refractivity contribution in [3.05, 3.63) is 65.7 Å². The van der Waals surface area contributed by atoms with Crippen LogP contribution < -0.4 is 59.7 Å². The summed E-state index contributed by atoms with van der Waals surface area (Å²) in [6, 6.07) is 0.359. The van der Waals surface area contributed by atoms with Gasteiger partial charge in [-0.2, -0.15) is 11.8 Å². The van der Waals surface area contributed by atoms with Crippen molar-refractivity contribution in [3.8, 4) is 5.75 Å². The molecule has 0 bridgehead atoms. The van der Waals surface area contributed by atoms with Crippen LogP contribution in [0.4, 0.5) is 0 Å². The molecule has 18 N–H and O–H groups in total. The number of unbranched alkanes of at least 4 members (excludes halogenated alkanes) is 1. The van der Waals surface area contributed by atoms with Crippen LogP contribution >= 0.6 is 11.8 Å². The van der Waals surface area contributed by atoms with Gasteiger partial charge in [0, 0.05) is 25.7 Å². The summed E-state index contributed by atoms with van der Waals surface area (Å²) in [5.74, 6) is -13.6. The second kappa shape index (κ2) is 35.7. The maximum atomic E-state index is 14.5. The lowest BCUT2D eigenvalue weighted by atomic mass is 9.99. The number of rotatable bonds is 38. The molecule has 0 saturated carbocycles. The topological polar surface area (TPSA) is 460 Å². The number of nitrogens with one attached hydrogen (secondary N) is 8. The second-order valence-electron chi connectivity index (χ2n) is 19.9. The number of phenols is 1. The van der Waals surface area contributed by atoms with E-state index >= 15 is 0 Å². The number of aromatic hydroxyl groups is 1. The van der Waals surface area contributed by atoms with Crippen LogP contribution in [0.25, 0.3) is 0 Å². The van der Waals surface area contributed by atoms with Crippen LogP contribution in [0.5, 0.6) is 5.75 Å². The number of hydrogen-bond acceptors (Lipinski definition) is 16. The van der Waals surface area contributed by atoms with E-state index in [0.717, 1.165) is 0 Å². The first kappa shape index (κ1) is 69.3. The molecular formula is C53H79N11O16S. The molecule has 28 heteroatoms. The Kier molecular flexibility index (Phi) is 30.5. The molecular weight excluding hydrogens is 1080 g/mol. The van der Waals surface area contributed by atoms with E-state index < -0.39 is 169 Å². The van der Waals surface area contributed by atoms with Gasteiger partial charge in [0.25, 0.3) is 0 Å². The number of carbonyl (C=O) groups excluding carboxylic acids is 9. The molecule has 448 valence electrons. The predicted octanol–water partition coefficient (Wildman–Crippen LogP) is -1.73. The number of thioether (sulfide) groups is 1. The first-order chi connectivity index (χ1) is 38.2. The van der Waals surface area contributed by atoms with Crippen molar-refractivity contribution >= 4 is 82.8 Å². The highest BCUT2D eigenvalue weighted by Crippen LogP contribution is 2.15. The standard InChI is InChI=1S/C53H79N11O16S/c1-28(2)43(51(77)59-34(13-9-10-23-54)48(74)63-44(29(3)4)52(78)60-37(53(79)80)22-24-81-5)64-50(76)39(25-30-11-7-6-8-12-30)62-47(73)36(19-21-42(69)70)57-46(72)35(18-20-41(67)68)58-49(75)38(26-31-14-16-32(65)17-15-31)61-45(71)33(55)27-40(56)66/h6-8,11-12,14-17,28-29,33-39,43-44,65H,9-10,13,18-27,54-55H2,1-5H3,(H2,56,66)(H,57,72)(H,58,75)(H,59,77)(H,60,78)(H,61,71)(H,62,73)(H,63,74)(H,64,76)(H,67,68)(H,69,70)(H,79,80). The van der Waals surface area contributed by atoms with Gasteiger partial charge in [0.1, 0.15) is 54.1 Å². The minimum atomic E-state index is -1.78. The summed E-state index contributed by atoms with van der Waals surface area (Å²) in [6.45, 7) is 6.70. The Hall–Kier alpha value is -7.85. The van der Waals surface area contributed by atoms with E-state index in [1.807, 2.05) is 0 Å². The Labute approximate surface area is 473 Å². The molecule has 0 aliphatic heterocycles. The first-order valence-electron chi connectivity index (χ1n) is 26.3. The average molecular weight is 1160 g/mol. The SMILES string of the molecule is CSCCC(NC(=O)C(NC(=O)C(CCCCN)NC(=O)C(NC(=O)C(Cc1ccccc1)NC(=O)C(CCC(=O)O)NC(=O)C(CCC(=O)O)NC(=O)C(Cc1ccc(O)cc1)NC(=O)C(N)CC(N)=O)C(C)C)C(C)C)C(=O)O. The molecule has 9 amide bonds. The third kappa shape index (κ3) is 25.9. The van der Waals surface area contributed by atoms with Gasteiger partial charge < -0.3 is 80.2 Å². The van der Waals surface area contributed by atoms with Crippen LogP contribution in [0.15, 0.2) is 54.6 Å². The fourth-order valence-corrected chi connectivity index (χ4v) is 8.44. The Morgan fingerprint density at radius 3 is 1.32 bits per heavy atom. The van der Waals surface area contributed by atoms with Gasteiger partial charge in [-0.25, -0.2) is 4.79 Å². The van der Waals surface area contributed by atoms with Crippen LogP contribution in [0.1, 0.15) is 96.6 Å². The largest absolute Gasteiger partial charge is 0.508 e. The zero-order chi connectivity index (χ0) is 60.9. The number of benzene rings is 2. The number of nitrogens with two attached hydrogens (primary N) is 3. The molecule has 0 radical (unpaired) electrons. The molecule has 0 aliphatic carbocycles. The summed E-state index contributed by atoms with van der Waals surface area (Å²) in [6.07, 6.45) is -1.08. The van der Waals surface area contributed by atoms with Crippen molar-refractivity contribution in [2.75, 3.05) is 18.6 Å². The second-order valence-corrected chi connectivity index (χ2v) is 20.9. The number of amides is 9. The smallest absolute Gasteiger partial charge is 0.326 e. The predicted molar refractivity (Wildman–Crippen MR) is 296 cm³/mol. The lowest BCUT2D eigenvalue weighted by Crippen LogP contribution is -2.61. The molecule has 9 unspecified atom stereocenters. The molecule has 0 aliphatic rings. The highest BCUT2D eigenvalue weighted by molar-refractivity contribution is 7.98. The number of primary amides is 1. The maximum Gasteiger partial charge on any atom is 0.326 e. The molecule has 81 heavy (non-hydrogen) atoms. The van der Waals surface area contributed by atoms with Crippen LogP contribution in [0.2, 0.25) is 0 Å². The van der Waals surface area contributed by atoms with Crippen molar-refractivity contribution < 1.29 is 78.0 Å². The van der Waals surface area contributed by atoms with Gasteiger partial charge in [0.05, 0.1) is 12.5 Å². The summed E-state index contributed by atoms with van der Waals surface area (Å²) >= 11 is 1.39. The summed E-state index contributed by atoms with van der Waals surface area (Å²) in [4.78, 5) is 159. The van der Waals surface area contributed by atoms with E-state index in [1.165, 1.54) is 36.0 Å². The molecule has 2 rings (SSSR count). The van der Waals surface area contributed by atoms with E-state index in [2.05, 4.69) is 42.5 Å². The monoisotopic (exact) mass is 1160 g/mol. The lowest BCUT2D eigenvalue weighted by molar-refractivity contribution is -0.142. The minimum Gasteiger partial charge on any atom is -0.508 e. The molecule has 0 saturated heterocycles. The Morgan fingerprint density at radius 2 is 0.889 bits per heavy atom. The van der Waals surface area contributed by atoms with E-state index in [4.69, 9.17) is 17.2 Å². The van der Waals surface area contributed by atoms with Gasteiger partial charge in [-0.15, -0.1) is 0 Å². The quantitative estimate of drug-likeness (QED) is 0.0332. The van der Waals surface area contributed by atoms with E-state index in [1.54, 1.807) is 64.3 Å². The van der Waals surface area contributed by atoms with Crippen molar-refractivity contribution in [1.29, 1.82) is 0 Å². The third-order valence-electron chi connectivity index (χ3n) is 12.5. The van der Waals surface area contributed by atoms with Crippen LogP contribution in [0, 0.1) is 11.8 Å². The van der Waals surface area contributed by atoms with Gasteiger partial charge in [0.15, 0.2) is 0 Å². The van der Waals surface area contributed by atoms with Crippen LogP contribution in [-0.2, 0) is 70.4 Å². The number of aliphatic carboxylic acids is 3. The van der Waals surface area contributed by atoms with Crippen molar-refractivity contribution in [3.63, 3.8) is 0 Å². The molecule has 9 atom stereocenters.